The van der Waals surface area contributed by atoms with Crippen molar-refractivity contribution in [1.29, 1.82) is 0 Å². The van der Waals surface area contributed by atoms with E-state index in [0.29, 0.717) is 18.0 Å². The molecule has 0 saturated carbocycles. The molecule has 5 nitrogen and oxygen atoms in total. The Morgan fingerprint density at radius 3 is 2.37 bits per heavy atom. The van der Waals surface area contributed by atoms with Gasteiger partial charge in [-0.1, -0.05) is 48.5 Å². The van der Waals surface area contributed by atoms with Gasteiger partial charge in [-0.25, -0.2) is 4.98 Å². The van der Waals surface area contributed by atoms with Crippen LogP contribution in [0.5, 0.6) is 0 Å². The number of thiazole rings is 1. The Bertz CT molecular complexity index is 894. The van der Waals surface area contributed by atoms with Gasteiger partial charge in [0.2, 0.25) is 11.8 Å². The summed E-state index contributed by atoms with van der Waals surface area (Å²) in [6.07, 6.45) is 1.11. The highest BCUT2D eigenvalue weighted by Gasteiger charge is 2.12. The van der Waals surface area contributed by atoms with E-state index in [-0.39, 0.29) is 18.2 Å². The van der Waals surface area contributed by atoms with E-state index in [1.54, 1.807) is 11.9 Å². The molecule has 1 aromatic heterocycles. The van der Waals surface area contributed by atoms with Gasteiger partial charge in [0.05, 0.1) is 5.69 Å². The summed E-state index contributed by atoms with van der Waals surface area (Å²) in [5, 5.41) is 5.31. The van der Waals surface area contributed by atoms with Crippen LogP contribution in [0.2, 0.25) is 0 Å². The first-order valence-electron chi connectivity index (χ1n) is 8.76. The van der Waals surface area contributed by atoms with Crippen LogP contribution < -0.4 is 10.2 Å². The second-order valence-corrected chi connectivity index (χ2v) is 6.95. The number of amides is 2. The van der Waals surface area contributed by atoms with E-state index in [1.807, 2.05) is 66.0 Å². The van der Waals surface area contributed by atoms with Crippen LogP contribution in [0.4, 0.5) is 10.8 Å². The molecule has 0 aliphatic carbocycles. The Kier molecular flexibility index (Phi) is 6.33. The van der Waals surface area contributed by atoms with Crippen LogP contribution in [0.1, 0.15) is 19.3 Å². The Labute approximate surface area is 162 Å². The van der Waals surface area contributed by atoms with Crippen molar-refractivity contribution in [3.63, 3.8) is 0 Å². The van der Waals surface area contributed by atoms with E-state index in [2.05, 4.69) is 10.3 Å². The van der Waals surface area contributed by atoms with Gasteiger partial charge in [-0.15, -0.1) is 11.3 Å². The molecular formula is C21H21N3O2S. The fourth-order valence-corrected chi connectivity index (χ4v) is 3.35. The smallest absolute Gasteiger partial charge is 0.226 e. The molecule has 3 rings (SSSR count). The van der Waals surface area contributed by atoms with Gasteiger partial charge in [0.15, 0.2) is 5.13 Å². The predicted molar refractivity (Wildman–Crippen MR) is 110 cm³/mol. The Morgan fingerprint density at radius 2 is 1.67 bits per heavy atom. The molecule has 0 bridgehead atoms. The van der Waals surface area contributed by atoms with Crippen LogP contribution in [0.3, 0.4) is 0 Å². The van der Waals surface area contributed by atoms with Crippen LogP contribution in [0, 0.1) is 0 Å². The first-order chi connectivity index (χ1) is 13.1. The lowest BCUT2D eigenvalue weighted by Crippen LogP contribution is -2.26. The third kappa shape index (κ3) is 5.24. The number of carbonyl (C=O) groups excluding carboxylic acids is 2. The summed E-state index contributed by atoms with van der Waals surface area (Å²) in [6, 6.07) is 19.3. The Balaban J connectivity index is 1.45. The number of rotatable bonds is 7. The number of carbonyl (C=O) groups is 2. The number of para-hydroxylation sites is 1. The van der Waals surface area contributed by atoms with Crippen molar-refractivity contribution in [2.24, 2.45) is 0 Å². The van der Waals surface area contributed by atoms with Gasteiger partial charge in [0.1, 0.15) is 0 Å². The molecule has 0 spiro atoms. The first kappa shape index (κ1) is 18.8. The van der Waals surface area contributed by atoms with E-state index in [9.17, 15) is 9.59 Å². The molecular weight excluding hydrogens is 358 g/mol. The molecule has 0 aliphatic heterocycles. The Morgan fingerprint density at radius 1 is 1.00 bits per heavy atom. The van der Waals surface area contributed by atoms with Gasteiger partial charge < -0.3 is 10.2 Å². The second kappa shape index (κ2) is 9.09. The van der Waals surface area contributed by atoms with Crippen LogP contribution >= 0.6 is 11.3 Å². The van der Waals surface area contributed by atoms with Gasteiger partial charge in [0.25, 0.3) is 0 Å². The number of nitrogens with one attached hydrogen (secondary N) is 1. The summed E-state index contributed by atoms with van der Waals surface area (Å²) < 4.78 is 0. The molecule has 0 fully saturated rings. The van der Waals surface area contributed by atoms with Crippen LogP contribution in [-0.2, 0) is 9.59 Å². The number of hydrogen-bond acceptors (Lipinski definition) is 4. The van der Waals surface area contributed by atoms with Crippen molar-refractivity contribution in [2.75, 3.05) is 17.3 Å². The van der Waals surface area contributed by atoms with Crippen molar-refractivity contribution < 1.29 is 9.59 Å². The molecule has 0 radical (unpaired) electrons. The third-order valence-electron chi connectivity index (χ3n) is 4.13. The number of hydrogen-bond donors (Lipinski definition) is 1. The average molecular weight is 379 g/mol. The minimum Gasteiger partial charge on any atom is -0.316 e. The fourth-order valence-electron chi connectivity index (χ4n) is 2.62. The molecule has 0 atom stereocenters. The molecule has 0 aliphatic rings. The highest BCUT2D eigenvalue weighted by Crippen LogP contribution is 2.24. The SMILES string of the molecule is CN(C(=O)CCCC(=O)Nc1nc(-c2ccccc2)cs1)c1ccccc1. The molecule has 1 N–H and O–H groups in total. The molecule has 2 amide bonds. The van der Waals surface area contributed by atoms with Crippen molar-refractivity contribution in [3.8, 4) is 11.3 Å². The van der Waals surface area contributed by atoms with Crippen molar-refractivity contribution >= 4 is 34.0 Å². The van der Waals surface area contributed by atoms with E-state index in [4.69, 9.17) is 0 Å². The maximum absolute atomic E-state index is 12.2. The zero-order valence-electron chi connectivity index (χ0n) is 15.1. The van der Waals surface area contributed by atoms with Gasteiger partial charge in [0, 0.05) is 36.5 Å². The molecule has 6 heteroatoms. The zero-order valence-corrected chi connectivity index (χ0v) is 15.9. The standard InChI is InChI=1S/C21H21N3O2S/c1-24(17-11-6-3-7-12-17)20(26)14-8-13-19(25)23-21-22-18(15-27-21)16-9-4-2-5-10-16/h2-7,9-12,15H,8,13-14H2,1H3,(H,22,23,25). The van der Waals surface area contributed by atoms with Gasteiger partial charge in [-0.3, -0.25) is 9.59 Å². The summed E-state index contributed by atoms with van der Waals surface area (Å²) in [5.74, 6) is -0.131. The predicted octanol–water partition coefficient (Wildman–Crippen LogP) is 4.58. The van der Waals surface area contributed by atoms with Gasteiger partial charge in [-0.2, -0.15) is 0 Å². The summed E-state index contributed by atoms with van der Waals surface area (Å²) >= 11 is 1.40. The normalized spacial score (nSPS) is 10.4. The third-order valence-corrected chi connectivity index (χ3v) is 4.89. The lowest BCUT2D eigenvalue weighted by atomic mass is 10.2. The number of nitrogens with zero attached hydrogens (tertiary/aromatic N) is 2. The fraction of sp³-hybridized carbons (Fsp3) is 0.190. The topological polar surface area (TPSA) is 62.3 Å². The first-order valence-corrected chi connectivity index (χ1v) is 9.64. The molecule has 2 aromatic carbocycles. The van der Waals surface area contributed by atoms with Crippen molar-refractivity contribution in [1.82, 2.24) is 4.98 Å². The lowest BCUT2D eigenvalue weighted by Gasteiger charge is -2.17. The maximum Gasteiger partial charge on any atom is 0.226 e. The second-order valence-electron chi connectivity index (χ2n) is 6.09. The Hall–Kier alpha value is -2.99. The highest BCUT2D eigenvalue weighted by molar-refractivity contribution is 7.14. The molecule has 0 saturated heterocycles. The zero-order chi connectivity index (χ0) is 19.1. The monoisotopic (exact) mass is 379 g/mol. The number of benzene rings is 2. The van der Waals surface area contributed by atoms with Crippen LogP contribution in [0.15, 0.2) is 66.0 Å². The molecule has 138 valence electrons. The molecule has 3 aromatic rings. The summed E-state index contributed by atoms with van der Waals surface area (Å²) in [5.41, 5.74) is 2.71. The summed E-state index contributed by atoms with van der Waals surface area (Å²) in [6.45, 7) is 0. The highest BCUT2D eigenvalue weighted by atomic mass is 32.1. The van der Waals surface area contributed by atoms with E-state index < -0.39 is 0 Å². The van der Waals surface area contributed by atoms with Gasteiger partial charge >= 0.3 is 0 Å². The molecule has 0 unspecified atom stereocenters. The van der Waals surface area contributed by atoms with E-state index in [1.165, 1.54) is 11.3 Å². The van der Waals surface area contributed by atoms with Gasteiger partial charge in [-0.05, 0) is 18.6 Å². The summed E-state index contributed by atoms with van der Waals surface area (Å²) in [7, 11) is 1.75. The van der Waals surface area contributed by atoms with Crippen LogP contribution in [0.25, 0.3) is 11.3 Å². The maximum atomic E-state index is 12.2. The minimum absolute atomic E-state index is 0.00499. The largest absolute Gasteiger partial charge is 0.316 e. The van der Waals surface area contributed by atoms with Crippen molar-refractivity contribution in [2.45, 2.75) is 19.3 Å². The average Bonchev–Trinajstić information content (AvgIpc) is 3.17. The van der Waals surface area contributed by atoms with E-state index >= 15 is 0 Å². The van der Waals surface area contributed by atoms with Crippen molar-refractivity contribution in [3.05, 3.63) is 66.0 Å². The lowest BCUT2D eigenvalue weighted by molar-refractivity contribution is -0.118. The molecule has 1 heterocycles. The molecule has 27 heavy (non-hydrogen) atoms. The quantitative estimate of drug-likeness (QED) is 0.653. The van der Waals surface area contributed by atoms with E-state index in [0.717, 1.165) is 16.9 Å². The number of aromatic nitrogens is 1. The number of anilines is 2. The van der Waals surface area contributed by atoms with Crippen LogP contribution in [-0.4, -0.2) is 23.8 Å². The summed E-state index contributed by atoms with van der Waals surface area (Å²) in [4.78, 5) is 30.4. The minimum atomic E-state index is -0.126.